The number of amides is 3. The second-order valence-electron chi connectivity index (χ2n) is 8.08. The van der Waals surface area contributed by atoms with Gasteiger partial charge in [-0.1, -0.05) is 30.3 Å². The van der Waals surface area contributed by atoms with E-state index in [1.54, 1.807) is 37.3 Å². The van der Waals surface area contributed by atoms with Crippen LogP contribution in [0.2, 0.25) is 0 Å². The molecule has 3 aromatic carbocycles. The normalized spacial score (nSPS) is 14.3. The third-order valence-corrected chi connectivity index (χ3v) is 5.74. The molecule has 4 N–H and O–H groups in total. The lowest BCUT2D eigenvalue weighted by atomic mass is 9.98. The number of primary amides is 1. The van der Waals surface area contributed by atoms with Crippen LogP contribution in [0.25, 0.3) is 11.1 Å². The van der Waals surface area contributed by atoms with E-state index in [1.165, 1.54) is 0 Å². The van der Waals surface area contributed by atoms with E-state index in [1.807, 2.05) is 18.2 Å². The van der Waals surface area contributed by atoms with Gasteiger partial charge >= 0.3 is 0 Å². The molecule has 7 nitrogen and oxygen atoms in total. The van der Waals surface area contributed by atoms with Crippen LogP contribution in [-0.4, -0.2) is 29.4 Å². The van der Waals surface area contributed by atoms with Gasteiger partial charge in [0.15, 0.2) is 5.76 Å². The average Bonchev–Trinajstić information content (AvgIpc) is 3.13. The Hall–Kier alpha value is -4.53. The Bertz CT molecular complexity index is 1390. The molecule has 4 rings (SSSR count). The van der Waals surface area contributed by atoms with Crippen molar-refractivity contribution >= 4 is 23.4 Å². The molecule has 0 unspecified atom stereocenters. The predicted octanol–water partition coefficient (Wildman–Crippen LogP) is 3.77. The highest BCUT2D eigenvalue weighted by molar-refractivity contribution is 6.14. The van der Waals surface area contributed by atoms with E-state index in [0.29, 0.717) is 11.6 Å². The Labute approximate surface area is 199 Å². The van der Waals surface area contributed by atoms with Gasteiger partial charge in [0.2, 0.25) is 5.91 Å². The van der Waals surface area contributed by atoms with Crippen molar-refractivity contribution in [1.29, 1.82) is 0 Å². The van der Waals surface area contributed by atoms with Crippen molar-refractivity contribution in [3.63, 3.8) is 0 Å². The average molecular weight is 477 g/mol. The van der Waals surface area contributed by atoms with Crippen molar-refractivity contribution in [3.8, 4) is 11.1 Å². The summed E-state index contributed by atoms with van der Waals surface area (Å²) in [5.74, 6) is -4.80. The summed E-state index contributed by atoms with van der Waals surface area (Å²) in [4.78, 5) is 37.7. The van der Waals surface area contributed by atoms with Gasteiger partial charge in [-0.3, -0.25) is 19.3 Å². The summed E-state index contributed by atoms with van der Waals surface area (Å²) in [5, 5.41) is 13.0. The molecule has 3 aromatic rings. The van der Waals surface area contributed by atoms with Crippen LogP contribution in [0.3, 0.4) is 0 Å². The smallest absolute Gasteiger partial charge is 0.294 e. The lowest BCUT2D eigenvalue weighted by molar-refractivity contribution is -0.119. The van der Waals surface area contributed by atoms with Gasteiger partial charge in [-0.05, 0) is 53.9 Å². The van der Waals surface area contributed by atoms with Crippen LogP contribution in [0.5, 0.6) is 0 Å². The topological polar surface area (TPSA) is 113 Å². The summed E-state index contributed by atoms with van der Waals surface area (Å²) in [5.41, 5.74) is 7.54. The molecule has 1 atom stereocenters. The van der Waals surface area contributed by atoms with Crippen molar-refractivity contribution in [2.45, 2.75) is 13.0 Å². The van der Waals surface area contributed by atoms with Gasteiger partial charge in [0.05, 0.1) is 23.8 Å². The van der Waals surface area contributed by atoms with Crippen LogP contribution in [0.4, 0.5) is 14.5 Å². The van der Waals surface area contributed by atoms with Crippen molar-refractivity contribution in [2.75, 3.05) is 11.4 Å². The van der Waals surface area contributed by atoms with Crippen molar-refractivity contribution in [2.24, 2.45) is 5.73 Å². The van der Waals surface area contributed by atoms with E-state index in [0.717, 1.165) is 33.7 Å². The van der Waals surface area contributed by atoms with E-state index >= 15 is 0 Å². The second-order valence-corrected chi connectivity index (χ2v) is 8.08. The number of hydrogen-bond acceptors (Lipinski definition) is 4. The maximum absolute atomic E-state index is 14.1. The summed E-state index contributed by atoms with van der Waals surface area (Å²) in [7, 11) is 0. The second kappa shape index (κ2) is 9.38. The van der Waals surface area contributed by atoms with Gasteiger partial charge in [-0.25, -0.2) is 8.78 Å². The zero-order valence-electron chi connectivity index (χ0n) is 18.6. The number of aliphatic hydroxyl groups excluding tert-OH is 1. The number of carbonyl (C=O) groups excluding carboxylic acids is 3. The Morgan fingerprint density at radius 1 is 1.03 bits per heavy atom. The number of carbonyl (C=O) groups is 3. The fourth-order valence-electron chi connectivity index (χ4n) is 3.84. The number of halogens is 2. The maximum Gasteiger partial charge on any atom is 0.294 e. The molecule has 0 aromatic heterocycles. The molecule has 0 fully saturated rings. The third kappa shape index (κ3) is 4.74. The molecule has 0 bridgehead atoms. The number of nitrogens with zero attached hydrogens (tertiary/aromatic N) is 1. The van der Waals surface area contributed by atoms with Crippen molar-refractivity contribution in [1.82, 2.24) is 5.32 Å². The first kappa shape index (κ1) is 23.6. The summed E-state index contributed by atoms with van der Waals surface area (Å²) >= 11 is 0. The van der Waals surface area contributed by atoms with Gasteiger partial charge in [0, 0.05) is 11.6 Å². The molecule has 0 radical (unpaired) electrons. The van der Waals surface area contributed by atoms with Gasteiger partial charge in [-0.2, -0.15) is 0 Å². The lowest BCUT2D eigenvalue weighted by Gasteiger charge is -2.18. The highest BCUT2D eigenvalue weighted by atomic mass is 19.1. The predicted molar refractivity (Wildman–Crippen MR) is 125 cm³/mol. The molecule has 9 heteroatoms. The Morgan fingerprint density at radius 3 is 2.40 bits per heavy atom. The molecule has 178 valence electrons. The SMILES string of the molecule is C[C@@H](NC(=O)C1=C(O)C(=O)N(c2ccc(F)cc2F)C1)c1cccc(-c2cccc(C(N)=O)c2)c1. The van der Waals surface area contributed by atoms with E-state index in [2.05, 4.69) is 5.32 Å². The lowest BCUT2D eigenvalue weighted by Crippen LogP contribution is -2.32. The van der Waals surface area contributed by atoms with Crippen LogP contribution >= 0.6 is 0 Å². The molecule has 0 saturated heterocycles. The third-order valence-electron chi connectivity index (χ3n) is 5.74. The fraction of sp³-hybridized carbons (Fsp3) is 0.115. The fourth-order valence-corrected chi connectivity index (χ4v) is 3.84. The van der Waals surface area contributed by atoms with Crippen LogP contribution in [0, 0.1) is 11.6 Å². The molecule has 1 aliphatic rings. The minimum absolute atomic E-state index is 0.226. The van der Waals surface area contributed by atoms with Crippen LogP contribution in [0.15, 0.2) is 78.1 Å². The number of hydrogen-bond donors (Lipinski definition) is 3. The van der Waals surface area contributed by atoms with E-state index in [4.69, 9.17) is 5.73 Å². The van der Waals surface area contributed by atoms with Crippen LogP contribution in [-0.2, 0) is 9.59 Å². The van der Waals surface area contributed by atoms with E-state index < -0.39 is 41.2 Å². The largest absolute Gasteiger partial charge is 0.503 e. The van der Waals surface area contributed by atoms with Gasteiger partial charge in [0.25, 0.3) is 11.8 Å². The van der Waals surface area contributed by atoms with Crippen LogP contribution in [0.1, 0.15) is 28.9 Å². The zero-order valence-corrected chi connectivity index (χ0v) is 18.6. The number of benzene rings is 3. The summed E-state index contributed by atoms with van der Waals surface area (Å²) in [6, 6.07) is 16.2. The van der Waals surface area contributed by atoms with Gasteiger partial charge in [0.1, 0.15) is 11.6 Å². The Balaban J connectivity index is 1.51. The first-order valence-corrected chi connectivity index (χ1v) is 10.7. The number of aliphatic hydroxyl groups is 1. The molecule has 0 aliphatic carbocycles. The number of nitrogens with two attached hydrogens (primary N) is 1. The highest BCUT2D eigenvalue weighted by Crippen LogP contribution is 2.29. The first-order chi connectivity index (χ1) is 16.7. The maximum atomic E-state index is 14.1. The standard InChI is InChI=1S/C26H21F2N3O4/c1-14(15-4-2-5-16(10-15)17-6-3-7-18(11-17)24(29)33)30-25(34)20-13-31(26(35)23(20)32)22-9-8-19(27)12-21(22)28/h2-12,14,32H,13H2,1H3,(H2,29,33)(H,30,34)/t14-/m1/s1. The minimum atomic E-state index is -0.988. The van der Waals surface area contributed by atoms with Crippen LogP contribution < -0.4 is 16.0 Å². The van der Waals surface area contributed by atoms with Crippen molar-refractivity contribution < 1.29 is 28.3 Å². The van der Waals surface area contributed by atoms with Gasteiger partial charge < -0.3 is 16.2 Å². The van der Waals surface area contributed by atoms with Crippen molar-refractivity contribution in [3.05, 3.63) is 101 Å². The molecule has 1 aliphatic heterocycles. The summed E-state index contributed by atoms with van der Waals surface area (Å²) in [6.07, 6.45) is 0. The molecule has 0 saturated carbocycles. The van der Waals surface area contributed by atoms with E-state index in [-0.39, 0.29) is 17.8 Å². The summed E-state index contributed by atoms with van der Waals surface area (Å²) in [6.45, 7) is 1.36. The summed E-state index contributed by atoms with van der Waals surface area (Å²) < 4.78 is 27.4. The molecule has 1 heterocycles. The monoisotopic (exact) mass is 477 g/mol. The Morgan fingerprint density at radius 2 is 1.71 bits per heavy atom. The Kier molecular flexibility index (Phi) is 6.33. The molecule has 3 amide bonds. The number of anilines is 1. The quantitative estimate of drug-likeness (QED) is 0.502. The number of nitrogens with one attached hydrogen (secondary N) is 1. The first-order valence-electron chi connectivity index (χ1n) is 10.7. The minimum Gasteiger partial charge on any atom is -0.503 e. The van der Waals surface area contributed by atoms with E-state index in [9.17, 15) is 28.3 Å². The highest BCUT2D eigenvalue weighted by Gasteiger charge is 2.36. The molecular weight excluding hydrogens is 456 g/mol. The zero-order chi connectivity index (χ0) is 25.3. The molecule has 0 spiro atoms. The van der Waals surface area contributed by atoms with Gasteiger partial charge in [-0.15, -0.1) is 0 Å². The number of rotatable bonds is 6. The molecular formula is C26H21F2N3O4. The molecule has 35 heavy (non-hydrogen) atoms.